The molecule has 2 heterocycles. The van der Waals surface area contributed by atoms with E-state index in [0.717, 1.165) is 0 Å². The van der Waals surface area contributed by atoms with E-state index in [-0.39, 0.29) is 23.2 Å². The van der Waals surface area contributed by atoms with Crippen molar-refractivity contribution in [3.8, 4) is 0 Å². The van der Waals surface area contributed by atoms with Crippen LogP contribution < -0.4 is 10.6 Å². The number of benzene rings is 1. The minimum Gasteiger partial charge on any atom is -0.346 e. The molecule has 2 amide bonds. The molecule has 0 radical (unpaired) electrons. The SMILES string of the molecule is CC(=O)c1cccc(NC(=O)c2nc(C(=O)NC(C)(C)C)c3ccccn23)c1. The number of hydrogen-bond acceptors (Lipinski definition) is 4. The van der Waals surface area contributed by atoms with Crippen molar-refractivity contribution < 1.29 is 14.4 Å². The van der Waals surface area contributed by atoms with Crippen molar-refractivity contribution in [3.05, 3.63) is 65.7 Å². The average Bonchev–Trinajstić information content (AvgIpc) is 3.00. The zero-order valence-electron chi connectivity index (χ0n) is 16.2. The molecule has 0 aliphatic carbocycles. The van der Waals surface area contributed by atoms with Crippen molar-refractivity contribution in [2.75, 3.05) is 5.32 Å². The van der Waals surface area contributed by atoms with Gasteiger partial charge >= 0.3 is 0 Å². The molecule has 7 nitrogen and oxygen atoms in total. The van der Waals surface area contributed by atoms with Gasteiger partial charge in [0.25, 0.3) is 11.8 Å². The molecule has 0 saturated heterocycles. The third-order valence-corrected chi connectivity index (χ3v) is 3.98. The second-order valence-corrected chi connectivity index (χ2v) is 7.54. The Labute approximate surface area is 162 Å². The van der Waals surface area contributed by atoms with Crippen LogP contribution in [0.3, 0.4) is 0 Å². The number of rotatable bonds is 4. The summed E-state index contributed by atoms with van der Waals surface area (Å²) in [7, 11) is 0. The molecule has 0 aliphatic rings. The van der Waals surface area contributed by atoms with Crippen LogP contribution in [-0.4, -0.2) is 32.5 Å². The van der Waals surface area contributed by atoms with Crippen molar-refractivity contribution in [2.45, 2.75) is 33.2 Å². The van der Waals surface area contributed by atoms with Crippen molar-refractivity contribution in [1.82, 2.24) is 14.7 Å². The maximum Gasteiger partial charge on any atom is 0.292 e. The van der Waals surface area contributed by atoms with Crippen LogP contribution in [0.25, 0.3) is 5.52 Å². The van der Waals surface area contributed by atoms with Gasteiger partial charge in [0.1, 0.15) is 0 Å². The van der Waals surface area contributed by atoms with Crippen molar-refractivity contribution in [3.63, 3.8) is 0 Å². The minimum atomic E-state index is -0.475. The lowest BCUT2D eigenvalue weighted by Crippen LogP contribution is -2.40. The molecule has 28 heavy (non-hydrogen) atoms. The molecular formula is C21H22N4O3. The summed E-state index contributed by atoms with van der Waals surface area (Å²) >= 11 is 0. The van der Waals surface area contributed by atoms with Crippen LogP contribution in [0.15, 0.2) is 48.7 Å². The Morgan fingerprint density at radius 1 is 1.00 bits per heavy atom. The number of amides is 2. The summed E-state index contributed by atoms with van der Waals surface area (Å²) in [6.45, 7) is 7.08. The first kappa shape index (κ1) is 19.3. The Bertz CT molecular complexity index is 1080. The molecule has 0 spiro atoms. The highest BCUT2D eigenvalue weighted by Crippen LogP contribution is 2.17. The maximum absolute atomic E-state index is 12.8. The number of carbonyl (C=O) groups excluding carboxylic acids is 3. The average molecular weight is 378 g/mol. The van der Waals surface area contributed by atoms with Crippen LogP contribution in [0.2, 0.25) is 0 Å². The Hall–Kier alpha value is -3.48. The fourth-order valence-electron chi connectivity index (χ4n) is 2.77. The molecule has 2 N–H and O–H groups in total. The molecule has 0 fully saturated rings. The van der Waals surface area contributed by atoms with Gasteiger partial charge in [0, 0.05) is 23.0 Å². The smallest absolute Gasteiger partial charge is 0.292 e. The standard InChI is InChI=1S/C21H22N4O3/c1-13(26)14-8-7-9-15(12-14)22-20(28)18-23-17(19(27)24-21(2,3)4)16-10-5-6-11-25(16)18/h5-12H,1-4H3,(H,22,28)(H,24,27). The van der Waals surface area contributed by atoms with Gasteiger partial charge in [0.2, 0.25) is 5.82 Å². The molecule has 1 aromatic carbocycles. The predicted octanol–water partition coefficient (Wildman–Crippen LogP) is 3.32. The van der Waals surface area contributed by atoms with Gasteiger partial charge in [0.15, 0.2) is 11.5 Å². The topological polar surface area (TPSA) is 92.6 Å². The van der Waals surface area contributed by atoms with Crippen LogP contribution in [0.5, 0.6) is 0 Å². The van der Waals surface area contributed by atoms with E-state index in [4.69, 9.17) is 0 Å². The molecule has 0 aliphatic heterocycles. The number of nitrogens with zero attached hydrogens (tertiary/aromatic N) is 2. The summed E-state index contributed by atoms with van der Waals surface area (Å²) in [5.74, 6) is -0.836. The van der Waals surface area contributed by atoms with Gasteiger partial charge in [-0.15, -0.1) is 0 Å². The van der Waals surface area contributed by atoms with Crippen LogP contribution >= 0.6 is 0 Å². The number of hydrogen-bond donors (Lipinski definition) is 2. The number of Topliss-reactive ketones (excluding diaryl/α,β-unsaturated/α-hetero) is 1. The van der Waals surface area contributed by atoms with Crippen molar-refractivity contribution in [2.24, 2.45) is 0 Å². The molecule has 3 rings (SSSR count). The summed E-state index contributed by atoms with van der Waals surface area (Å²) in [5.41, 5.74) is 1.25. The second-order valence-electron chi connectivity index (χ2n) is 7.54. The number of nitrogens with one attached hydrogen (secondary N) is 2. The number of fused-ring (bicyclic) bond motifs is 1. The highest BCUT2D eigenvalue weighted by molar-refractivity contribution is 6.06. The Balaban J connectivity index is 1.97. The zero-order valence-corrected chi connectivity index (χ0v) is 16.2. The van der Waals surface area contributed by atoms with E-state index in [9.17, 15) is 14.4 Å². The lowest BCUT2D eigenvalue weighted by molar-refractivity contribution is 0.0916. The van der Waals surface area contributed by atoms with E-state index in [0.29, 0.717) is 16.8 Å². The highest BCUT2D eigenvalue weighted by atomic mass is 16.2. The van der Waals surface area contributed by atoms with E-state index in [1.807, 2.05) is 20.8 Å². The van der Waals surface area contributed by atoms with Gasteiger partial charge in [-0.2, -0.15) is 0 Å². The first-order valence-electron chi connectivity index (χ1n) is 8.88. The number of anilines is 1. The predicted molar refractivity (Wildman–Crippen MR) is 107 cm³/mol. The van der Waals surface area contributed by atoms with Gasteiger partial charge in [-0.25, -0.2) is 4.98 Å². The van der Waals surface area contributed by atoms with E-state index in [1.54, 1.807) is 53.1 Å². The Morgan fingerprint density at radius 2 is 1.75 bits per heavy atom. The molecule has 3 aromatic rings. The fourth-order valence-corrected chi connectivity index (χ4v) is 2.77. The van der Waals surface area contributed by atoms with Crippen LogP contribution in [0, 0.1) is 0 Å². The van der Waals surface area contributed by atoms with E-state index in [1.165, 1.54) is 6.92 Å². The Morgan fingerprint density at radius 3 is 2.43 bits per heavy atom. The summed E-state index contributed by atoms with van der Waals surface area (Å²) in [4.78, 5) is 41.3. The van der Waals surface area contributed by atoms with Gasteiger partial charge in [-0.3, -0.25) is 18.8 Å². The second kappa shape index (κ2) is 7.26. The van der Waals surface area contributed by atoms with Crippen LogP contribution in [-0.2, 0) is 0 Å². The number of pyridine rings is 1. The van der Waals surface area contributed by atoms with Crippen molar-refractivity contribution in [1.29, 1.82) is 0 Å². The normalized spacial score (nSPS) is 11.3. The third-order valence-electron chi connectivity index (χ3n) is 3.98. The number of imidazole rings is 1. The molecule has 0 atom stereocenters. The number of carbonyl (C=O) groups is 3. The van der Waals surface area contributed by atoms with E-state index >= 15 is 0 Å². The molecule has 0 bridgehead atoms. The Kier molecular flexibility index (Phi) is 5.00. The summed E-state index contributed by atoms with van der Waals surface area (Å²) in [5, 5.41) is 5.61. The molecule has 7 heteroatoms. The highest BCUT2D eigenvalue weighted by Gasteiger charge is 2.24. The number of ketones is 1. The number of aromatic nitrogens is 2. The molecule has 144 valence electrons. The van der Waals surface area contributed by atoms with Crippen LogP contribution in [0.1, 0.15) is 59.2 Å². The van der Waals surface area contributed by atoms with Crippen molar-refractivity contribution >= 4 is 28.8 Å². The summed E-state index contributed by atoms with van der Waals surface area (Å²) in [6.07, 6.45) is 1.68. The summed E-state index contributed by atoms with van der Waals surface area (Å²) < 4.78 is 1.57. The quantitative estimate of drug-likeness (QED) is 0.681. The monoisotopic (exact) mass is 378 g/mol. The third kappa shape index (κ3) is 4.09. The zero-order chi connectivity index (χ0) is 20.5. The molecule has 0 saturated carbocycles. The first-order valence-corrected chi connectivity index (χ1v) is 8.88. The molecule has 2 aromatic heterocycles. The summed E-state index contributed by atoms with van der Waals surface area (Å²) in [6, 6.07) is 11.9. The van der Waals surface area contributed by atoms with Crippen LogP contribution in [0.4, 0.5) is 5.69 Å². The fraction of sp³-hybridized carbons (Fsp3) is 0.238. The van der Waals surface area contributed by atoms with E-state index in [2.05, 4.69) is 15.6 Å². The minimum absolute atomic E-state index is 0.0860. The van der Waals surface area contributed by atoms with Gasteiger partial charge in [-0.1, -0.05) is 18.2 Å². The lowest BCUT2D eigenvalue weighted by Gasteiger charge is -2.19. The van der Waals surface area contributed by atoms with Gasteiger partial charge in [0.05, 0.1) is 5.52 Å². The molecule has 0 unspecified atom stereocenters. The largest absolute Gasteiger partial charge is 0.346 e. The lowest BCUT2D eigenvalue weighted by atomic mass is 10.1. The molecular weight excluding hydrogens is 356 g/mol. The maximum atomic E-state index is 12.8. The van der Waals surface area contributed by atoms with Gasteiger partial charge in [-0.05, 0) is 52.0 Å². The first-order chi connectivity index (χ1) is 13.2. The van der Waals surface area contributed by atoms with E-state index < -0.39 is 11.4 Å². The van der Waals surface area contributed by atoms with Gasteiger partial charge < -0.3 is 10.6 Å².